The maximum atomic E-state index is 12.7. The lowest BCUT2D eigenvalue weighted by atomic mass is 9.94. The second-order valence-corrected chi connectivity index (χ2v) is 10.8. The molecule has 1 aromatic heterocycles. The van der Waals surface area contributed by atoms with Crippen molar-refractivity contribution in [1.29, 1.82) is 0 Å². The van der Waals surface area contributed by atoms with Gasteiger partial charge in [-0.15, -0.1) is 11.6 Å². The fraction of sp³-hybridized carbons (Fsp3) is 0.667. The highest BCUT2D eigenvalue weighted by Crippen LogP contribution is 2.33. The maximum absolute atomic E-state index is 12.7. The number of nitrogens with zero attached hydrogens (tertiary/aromatic N) is 4. The van der Waals surface area contributed by atoms with Gasteiger partial charge in [0.1, 0.15) is 5.60 Å². The molecule has 8 nitrogen and oxygen atoms in total. The number of hydrogen-bond acceptors (Lipinski definition) is 7. The molecule has 5 rings (SSSR count). The van der Waals surface area contributed by atoms with E-state index in [1.807, 2.05) is 50.9 Å². The Kier molecular flexibility index (Phi) is 6.96. The van der Waals surface area contributed by atoms with E-state index in [0.717, 1.165) is 31.6 Å². The van der Waals surface area contributed by atoms with Gasteiger partial charge in [0.15, 0.2) is 11.6 Å². The third-order valence-electron chi connectivity index (χ3n) is 6.44. The van der Waals surface area contributed by atoms with Crippen LogP contribution in [0.4, 0.5) is 16.3 Å². The van der Waals surface area contributed by atoms with Gasteiger partial charge in [0, 0.05) is 32.1 Å². The molecule has 0 saturated carbocycles. The topological polar surface area (TPSA) is 87.1 Å². The Bertz CT molecular complexity index is 914. The summed E-state index contributed by atoms with van der Waals surface area (Å²) in [6.45, 7) is 9.89. The van der Waals surface area contributed by atoms with Gasteiger partial charge >= 0.3 is 6.09 Å². The van der Waals surface area contributed by atoms with Crippen LogP contribution in [-0.2, 0) is 9.53 Å². The van der Waals surface area contributed by atoms with Gasteiger partial charge in [-0.2, -0.15) is 0 Å². The predicted octanol–water partition coefficient (Wildman–Crippen LogP) is 3.90. The molecule has 4 saturated heterocycles. The van der Waals surface area contributed by atoms with Crippen molar-refractivity contribution < 1.29 is 14.3 Å². The summed E-state index contributed by atoms with van der Waals surface area (Å²) in [6, 6.07) is 3.79. The highest BCUT2D eigenvalue weighted by Gasteiger charge is 2.38. The van der Waals surface area contributed by atoms with Crippen molar-refractivity contribution in [1.82, 2.24) is 15.2 Å². The van der Waals surface area contributed by atoms with Crippen molar-refractivity contribution in [2.24, 2.45) is 10.9 Å². The maximum Gasteiger partial charge on any atom is 0.410 e. The number of piperidine rings is 2. The number of Topliss-reactive ketones (excluding diaryl/α,β-unsaturated/α-hetero) is 1. The number of ether oxygens (including phenoxy) is 1. The molecule has 5 heterocycles. The lowest BCUT2D eigenvalue weighted by Crippen LogP contribution is -2.50. The second kappa shape index (κ2) is 9.58. The van der Waals surface area contributed by atoms with Crippen molar-refractivity contribution in [3.8, 4) is 0 Å². The van der Waals surface area contributed by atoms with Crippen LogP contribution in [0.2, 0.25) is 0 Å². The molecular weight excluding hydrogens is 442 g/mol. The molecule has 1 amide bonds. The summed E-state index contributed by atoms with van der Waals surface area (Å²) in [6.07, 6.45) is 4.78. The van der Waals surface area contributed by atoms with E-state index in [-0.39, 0.29) is 29.5 Å². The number of aliphatic imine (C=N–C) groups is 1. The molecule has 33 heavy (non-hydrogen) atoms. The molecule has 4 unspecified atom stereocenters. The monoisotopic (exact) mass is 475 g/mol. The van der Waals surface area contributed by atoms with Crippen LogP contribution < -0.4 is 10.2 Å². The van der Waals surface area contributed by atoms with Crippen LogP contribution in [0.5, 0.6) is 0 Å². The summed E-state index contributed by atoms with van der Waals surface area (Å²) in [5, 5.41) is 3.10. The highest BCUT2D eigenvalue weighted by atomic mass is 35.5. The molecule has 0 radical (unpaired) electrons. The number of aromatic nitrogens is 1. The fourth-order valence-corrected chi connectivity index (χ4v) is 5.15. The van der Waals surface area contributed by atoms with Crippen LogP contribution in [0, 0.1) is 5.92 Å². The van der Waals surface area contributed by atoms with Gasteiger partial charge in [0.2, 0.25) is 0 Å². The highest BCUT2D eigenvalue weighted by molar-refractivity contribution is 6.44. The molecule has 0 aromatic carbocycles. The Balaban J connectivity index is 1.47. The first-order valence-electron chi connectivity index (χ1n) is 11.9. The van der Waals surface area contributed by atoms with Crippen molar-refractivity contribution in [3.05, 3.63) is 18.3 Å². The first kappa shape index (κ1) is 24.0. The van der Waals surface area contributed by atoms with Crippen LogP contribution in [0.3, 0.4) is 0 Å². The van der Waals surface area contributed by atoms with Crippen LogP contribution >= 0.6 is 11.6 Å². The summed E-state index contributed by atoms with van der Waals surface area (Å²) >= 11 is 6.26. The van der Waals surface area contributed by atoms with Gasteiger partial charge in [-0.25, -0.2) is 14.8 Å². The molecule has 0 spiro atoms. The fourth-order valence-electron chi connectivity index (χ4n) is 4.85. The average molecular weight is 476 g/mol. The number of anilines is 1. The van der Waals surface area contributed by atoms with Crippen molar-refractivity contribution in [2.45, 2.75) is 76.6 Å². The lowest BCUT2D eigenvalue weighted by molar-refractivity contribution is -0.115. The van der Waals surface area contributed by atoms with E-state index >= 15 is 0 Å². The molecule has 1 aromatic rings. The molecule has 4 atom stereocenters. The largest absolute Gasteiger partial charge is 0.444 e. The van der Waals surface area contributed by atoms with Gasteiger partial charge in [-0.05, 0) is 58.1 Å². The number of fused-ring (bicyclic) bond motifs is 4. The SMILES string of the molecule is CCC1NC(Cl)CC(=Nc2ccc(N3CC4CCC3CN(C(=O)OC(C)(C)C)C4)cn2)C1=O. The summed E-state index contributed by atoms with van der Waals surface area (Å²) in [5.74, 6) is 0.903. The van der Waals surface area contributed by atoms with Gasteiger partial charge in [0.25, 0.3) is 0 Å². The second-order valence-electron chi connectivity index (χ2n) is 10.2. The quantitative estimate of drug-likeness (QED) is 0.527. The van der Waals surface area contributed by atoms with Crippen molar-refractivity contribution in [3.63, 3.8) is 0 Å². The van der Waals surface area contributed by atoms with Crippen molar-refractivity contribution in [2.75, 3.05) is 24.5 Å². The Morgan fingerprint density at radius 3 is 2.73 bits per heavy atom. The van der Waals surface area contributed by atoms with Gasteiger partial charge < -0.3 is 14.5 Å². The minimum Gasteiger partial charge on any atom is -0.444 e. The first-order valence-corrected chi connectivity index (χ1v) is 12.3. The van der Waals surface area contributed by atoms with Crippen LogP contribution in [0.25, 0.3) is 0 Å². The zero-order valence-corrected chi connectivity index (χ0v) is 20.6. The molecule has 9 heteroatoms. The predicted molar refractivity (Wildman–Crippen MR) is 129 cm³/mol. The Morgan fingerprint density at radius 2 is 2.06 bits per heavy atom. The van der Waals surface area contributed by atoms with E-state index < -0.39 is 5.60 Å². The zero-order valence-electron chi connectivity index (χ0n) is 19.9. The normalized spacial score (nSPS) is 29.4. The van der Waals surface area contributed by atoms with E-state index in [1.165, 1.54) is 0 Å². The average Bonchev–Trinajstić information content (AvgIpc) is 3.08. The van der Waals surface area contributed by atoms with E-state index in [1.54, 1.807) is 0 Å². The van der Waals surface area contributed by atoms with Gasteiger partial charge in [-0.3, -0.25) is 10.1 Å². The Labute approximate surface area is 200 Å². The summed E-state index contributed by atoms with van der Waals surface area (Å²) in [4.78, 5) is 38.5. The number of rotatable bonds is 3. The standard InChI is InChI=1S/C24H34ClN5O3/c1-5-18-22(31)19(10-20(25)27-18)28-21-9-8-16(11-26-21)30-13-15-6-7-17(30)14-29(12-15)23(32)33-24(2,3)4/h8-9,11,15,17-18,20,27H,5-7,10,12-14H2,1-4H3. The van der Waals surface area contributed by atoms with E-state index in [0.29, 0.717) is 36.8 Å². The minimum absolute atomic E-state index is 0.00709. The summed E-state index contributed by atoms with van der Waals surface area (Å²) in [7, 11) is 0. The van der Waals surface area contributed by atoms with E-state index in [2.05, 4.69) is 20.2 Å². The lowest BCUT2D eigenvalue weighted by Gasteiger charge is -2.37. The van der Waals surface area contributed by atoms with Crippen molar-refractivity contribution >= 4 is 40.7 Å². The molecule has 1 N–H and O–H groups in total. The number of halogens is 1. The van der Waals surface area contributed by atoms with Gasteiger partial charge in [-0.1, -0.05) is 6.92 Å². The summed E-state index contributed by atoms with van der Waals surface area (Å²) in [5.41, 5.74) is 0.687. The number of carbonyl (C=O) groups is 2. The molecule has 4 fully saturated rings. The number of hydrogen-bond donors (Lipinski definition) is 1. The molecule has 180 valence electrons. The number of amides is 1. The number of carbonyl (C=O) groups excluding carboxylic acids is 2. The number of pyridine rings is 1. The number of nitrogens with one attached hydrogen (secondary N) is 1. The Morgan fingerprint density at radius 1 is 1.27 bits per heavy atom. The third kappa shape index (κ3) is 5.66. The van der Waals surface area contributed by atoms with E-state index in [4.69, 9.17) is 16.3 Å². The molecular formula is C24H34ClN5O3. The molecule has 4 aliphatic rings. The van der Waals surface area contributed by atoms with Gasteiger partial charge in [0.05, 0.1) is 29.1 Å². The minimum atomic E-state index is -0.500. The molecule has 2 bridgehead atoms. The smallest absolute Gasteiger partial charge is 0.410 e. The van der Waals surface area contributed by atoms with Crippen LogP contribution in [0.15, 0.2) is 23.3 Å². The number of ketones is 1. The zero-order chi connectivity index (χ0) is 23.8. The molecule has 4 aliphatic heterocycles. The van der Waals surface area contributed by atoms with Crippen LogP contribution in [0.1, 0.15) is 53.4 Å². The summed E-state index contributed by atoms with van der Waals surface area (Å²) < 4.78 is 5.62. The first-order chi connectivity index (χ1) is 15.6. The van der Waals surface area contributed by atoms with E-state index in [9.17, 15) is 9.59 Å². The Hall–Kier alpha value is -2.19. The number of alkyl halides is 1. The molecule has 0 aliphatic carbocycles. The third-order valence-corrected chi connectivity index (χ3v) is 6.72. The van der Waals surface area contributed by atoms with Crippen LogP contribution in [-0.4, -0.2) is 70.3 Å².